The molecule has 0 spiro atoms. The number of amides is 2. The number of nitrogens with one attached hydrogen (secondary N) is 1. The van der Waals surface area contributed by atoms with Gasteiger partial charge in [-0.15, -0.1) is 0 Å². The highest BCUT2D eigenvalue weighted by atomic mass is 16.6. The summed E-state index contributed by atoms with van der Waals surface area (Å²) in [5.41, 5.74) is 2.66. The largest absolute Gasteiger partial charge is 0.360 e. The first-order valence-electron chi connectivity index (χ1n) is 9.71. The first-order valence-corrected chi connectivity index (χ1v) is 9.71. The summed E-state index contributed by atoms with van der Waals surface area (Å²) in [6, 6.07) is 13.6. The van der Waals surface area contributed by atoms with Crippen molar-refractivity contribution >= 4 is 28.9 Å². The Morgan fingerprint density at radius 3 is 2.34 bits per heavy atom. The Bertz CT molecular complexity index is 951. The maximum Gasteiger partial charge on any atom is 0.292 e. The fourth-order valence-corrected chi connectivity index (χ4v) is 4.17. The third-order valence-electron chi connectivity index (χ3n) is 5.73. The fraction of sp³-hybridized carbons (Fsp3) is 0.333. The van der Waals surface area contributed by atoms with Gasteiger partial charge in [0, 0.05) is 17.8 Å². The SMILES string of the molecule is Cc1cccc(N2C(=O)C[C@@H]([NH+]3CCN(c4ccc([N+](=O)[O-])cc4)CC3)C2=O)c1. The van der Waals surface area contributed by atoms with Gasteiger partial charge in [-0.1, -0.05) is 12.1 Å². The van der Waals surface area contributed by atoms with Gasteiger partial charge in [0.2, 0.25) is 5.91 Å². The Hall–Kier alpha value is -3.26. The number of non-ortho nitro benzene ring substituents is 1. The number of imide groups is 1. The van der Waals surface area contributed by atoms with Crippen LogP contribution in [0, 0.1) is 17.0 Å². The first-order chi connectivity index (χ1) is 13.9. The molecule has 0 radical (unpaired) electrons. The van der Waals surface area contributed by atoms with Crippen LogP contribution in [0.4, 0.5) is 17.1 Å². The molecule has 0 bridgehead atoms. The number of nitrogens with zero attached hydrogens (tertiary/aromatic N) is 3. The van der Waals surface area contributed by atoms with Gasteiger partial charge in [0.25, 0.3) is 11.6 Å². The number of piperazine rings is 1. The van der Waals surface area contributed by atoms with Gasteiger partial charge in [0.05, 0.1) is 43.2 Å². The number of rotatable bonds is 4. The van der Waals surface area contributed by atoms with Crippen molar-refractivity contribution < 1.29 is 19.4 Å². The highest BCUT2D eigenvalue weighted by molar-refractivity contribution is 6.21. The number of benzene rings is 2. The van der Waals surface area contributed by atoms with E-state index < -0.39 is 4.92 Å². The number of carbonyl (C=O) groups is 2. The van der Waals surface area contributed by atoms with Crippen molar-refractivity contribution in [1.82, 2.24) is 0 Å². The third-order valence-corrected chi connectivity index (χ3v) is 5.73. The monoisotopic (exact) mass is 395 g/mol. The van der Waals surface area contributed by atoms with Gasteiger partial charge in [-0.25, -0.2) is 4.90 Å². The van der Waals surface area contributed by atoms with Crippen LogP contribution in [0.3, 0.4) is 0 Å². The summed E-state index contributed by atoms with van der Waals surface area (Å²) in [6.45, 7) is 4.88. The molecule has 2 aliphatic rings. The summed E-state index contributed by atoms with van der Waals surface area (Å²) in [4.78, 5) is 40.5. The van der Waals surface area contributed by atoms with E-state index in [4.69, 9.17) is 0 Å². The molecule has 0 saturated carbocycles. The van der Waals surface area contributed by atoms with E-state index in [1.54, 1.807) is 18.2 Å². The number of carbonyl (C=O) groups excluding carboxylic acids is 2. The molecule has 2 saturated heterocycles. The minimum Gasteiger partial charge on any atom is -0.360 e. The predicted octanol–water partition coefficient (Wildman–Crippen LogP) is 0.940. The van der Waals surface area contributed by atoms with Crippen LogP contribution < -0.4 is 14.7 Å². The van der Waals surface area contributed by atoms with Crippen LogP contribution in [0.5, 0.6) is 0 Å². The summed E-state index contributed by atoms with van der Waals surface area (Å²) in [6.07, 6.45) is 0.236. The maximum absolute atomic E-state index is 13.0. The average molecular weight is 395 g/mol. The molecule has 0 aromatic heterocycles. The van der Waals surface area contributed by atoms with Gasteiger partial charge in [-0.3, -0.25) is 19.7 Å². The lowest BCUT2D eigenvalue weighted by atomic mass is 10.1. The van der Waals surface area contributed by atoms with E-state index in [-0.39, 0.29) is 30.0 Å². The van der Waals surface area contributed by atoms with Gasteiger partial charge in [-0.05, 0) is 36.8 Å². The van der Waals surface area contributed by atoms with Gasteiger partial charge >= 0.3 is 0 Å². The lowest BCUT2D eigenvalue weighted by Gasteiger charge is -2.35. The van der Waals surface area contributed by atoms with E-state index in [0.29, 0.717) is 5.69 Å². The molecule has 8 nitrogen and oxygen atoms in total. The molecule has 2 aliphatic heterocycles. The second kappa shape index (κ2) is 7.63. The van der Waals surface area contributed by atoms with Gasteiger partial charge < -0.3 is 9.80 Å². The number of hydrogen-bond donors (Lipinski definition) is 1. The Morgan fingerprint density at radius 1 is 1.03 bits per heavy atom. The predicted molar refractivity (Wildman–Crippen MR) is 108 cm³/mol. The zero-order valence-corrected chi connectivity index (χ0v) is 16.2. The molecule has 2 amide bonds. The number of quaternary nitrogens is 1. The number of nitro benzene ring substituents is 1. The fourth-order valence-electron chi connectivity index (χ4n) is 4.17. The molecule has 2 aromatic rings. The maximum atomic E-state index is 13.0. The number of nitro groups is 1. The van der Waals surface area contributed by atoms with Crippen LogP contribution >= 0.6 is 0 Å². The summed E-state index contributed by atoms with van der Waals surface area (Å²) in [5.74, 6) is -0.268. The van der Waals surface area contributed by atoms with Gasteiger partial charge in [0.1, 0.15) is 0 Å². The Morgan fingerprint density at radius 2 is 1.72 bits per heavy atom. The Balaban J connectivity index is 1.41. The Kier molecular flexibility index (Phi) is 5.02. The van der Waals surface area contributed by atoms with Crippen molar-refractivity contribution in [3.05, 3.63) is 64.2 Å². The van der Waals surface area contributed by atoms with Crippen LogP contribution in [0.1, 0.15) is 12.0 Å². The zero-order valence-electron chi connectivity index (χ0n) is 16.2. The van der Waals surface area contributed by atoms with Crippen LogP contribution in [0.25, 0.3) is 0 Å². The van der Waals surface area contributed by atoms with Crippen LogP contribution in [0.15, 0.2) is 48.5 Å². The van der Waals surface area contributed by atoms with Gasteiger partial charge in [0.15, 0.2) is 6.04 Å². The van der Waals surface area contributed by atoms with E-state index >= 15 is 0 Å². The van der Waals surface area contributed by atoms with Crippen molar-refractivity contribution in [2.24, 2.45) is 0 Å². The zero-order chi connectivity index (χ0) is 20.5. The van der Waals surface area contributed by atoms with Crippen molar-refractivity contribution in [3.63, 3.8) is 0 Å². The molecule has 1 atom stereocenters. The average Bonchev–Trinajstić information content (AvgIpc) is 3.02. The molecule has 2 fully saturated rings. The summed E-state index contributed by atoms with van der Waals surface area (Å²) < 4.78 is 0. The summed E-state index contributed by atoms with van der Waals surface area (Å²) in [7, 11) is 0. The molecule has 150 valence electrons. The molecule has 2 aromatic carbocycles. The molecule has 1 N–H and O–H groups in total. The molecule has 8 heteroatoms. The van der Waals surface area contributed by atoms with Crippen molar-refractivity contribution in [2.45, 2.75) is 19.4 Å². The van der Waals surface area contributed by atoms with E-state index in [1.807, 2.05) is 25.1 Å². The quantitative estimate of drug-likeness (QED) is 0.473. The van der Waals surface area contributed by atoms with Crippen LogP contribution in [-0.2, 0) is 9.59 Å². The van der Waals surface area contributed by atoms with E-state index in [1.165, 1.54) is 17.0 Å². The molecule has 0 aliphatic carbocycles. The normalized spacial score (nSPS) is 20.4. The Labute approximate surface area is 168 Å². The van der Waals surface area contributed by atoms with E-state index in [2.05, 4.69) is 4.90 Å². The van der Waals surface area contributed by atoms with E-state index in [0.717, 1.165) is 42.3 Å². The topological polar surface area (TPSA) is 88.2 Å². The van der Waals surface area contributed by atoms with Crippen LogP contribution in [0.2, 0.25) is 0 Å². The van der Waals surface area contributed by atoms with Crippen LogP contribution in [-0.4, -0.2) is 49.0 Å². The molecular weight excluding hydrogens is 372 g/mol. The molecule has 0 unspecified atom stereocenters. The van der Waals surface area contributed by atoms with Gasteiger partial charge in [-0.2, -0.15) is 0 Å². The number of aryl methyl sites for hydroxylation is 1. The van der Waals surface area contributed by atoms with Crippen molar-refractivity contribution in [2.75, 3.05) is 36.0 Å². The minimum absolute atomic E-state index is 0.0734. The molecule has 2 heterocycles. The number of hydrogen-bond acceptors (Lipinski definition) is 5. The smallest absolute Gasteiger partial charge is 0.292 e. The number of anilines is 2. The third kappa shape index (κ3) is 3.71. The molecule has 29 heavy (non-hydrogen) atoms. The highest BCUT2D eigenvalue weighted by Gasteiger charge is 2.46. The summed E-state index contributed by atoms with van der Waals surface area (Å²) >= 11 is 0. The summed E-state index contributed by atoms with van der Waals surface area (Å²) in [5, 5.41) is 10.8. The van der Waals surface area contributed by atoms with Crippen molar-refractivity contribution in [3.8, 4) is 0 Å². The van der Waals surface area contributed by atoms with E-state index in [9.17, 15) is 19.7 Å². The molecular formula is C21H23N4O4+. The lowest BCUT2D eigenvalue weighted by molar-refractivity contribution is -0.915. The minimum atomic E-state index is -0.408. The lowest BCUT2D eigenvalue weighted by Crippen LogP contribution is -3.19. The first kappa shape index (κ1) is 19.1. The highest BCUT2D eigenvalue weighted by Crippen LogP contribution is 2.23. The second-order valence-electron chi connectivity index (χ2n) is 7.58. The molecule has 4 rings (SSSR count). The van der Waals surface area contributed by atoms with Crippen molar-refractivity contribution in [1.29, 1.82) is 0 Å². The second-order valence-corrected chi connectivity index (χ2v) is 7.58. The standard InChI is InChI=1S/C21H22N4O4/c1-15-3-2-4-18(13-15)24-20(26)14-19(21(24)27)23-11-9-22(10-12-23)16-5-7-17(8-6-16)25(28)29/h2-8,13,19H,9-12,14H2,1H3/p+1/t19-/m1/s1.